The largest absolute Gasteiger partial charge is 0.310 e. The molecule has 0 aliphatic carbocycles. The molecular formula is C15H23F2N. The van der Waals surface area contributed by atoms with Gasteiger partial charge in [-0.3, -0.25) is 0 Å². The third-order valence-electron chi connectivity index (χ3n) is 3.22. The minimum atomic E-state index is -0.376. The van der Waals surface area contributed by atoms with Crippen molar-refractivity contribution in [3.05, 3.63) is 35.4 Å². The lowest BCUT2D eigenvalue weighted by atomic mass is 9.90. The molecule has 0 aliphatic rings. The van der Waals surface area contributed by atoms with Gasteiger partial charge < -0.3 is 5.32 Å². The molecule has 1 aromatic rings. The third kappa shape index (κ3) is 4.05. The average molecular weight is 255 g/mol. The molecule has 2 atom stereocenters. The van der Waals surface area contributed by atoms with E-state index < -0.39 is 0 Å². The molecule has 2 unspecified atom stereocenters. The molecule has 0 radical (unpaired) electrons. The van der Waals surface area contributed by atoms with Crippen LogP contribution in [0.5, 0.6) is 0 Å². The number of halogens is 2. The van der Waals surface area contributed by atoms with Crippen LogP contribution in [-0.2, 0) is 0 Å². The molecule has 18 heavy (non-hydrogen) atoms. The first-order chi connectivity index (χ1) is 8.60. The molecule has 102 valence electrons. The topological polar surface area (TPSA) is 12.0 Å². The van der Waals surface area contributed by atoms with Crippen LogP contribution in [0.4, 0.5) is 8.78 Å². The van der Waals surface area contributed by atoms with Crippen LogP contribution in [-0.4, -0.2) is 6.54 Å². The van der Waals surface area contributed by atoms with Crippen LogP contribution in [0.2, 0.25) is 0 Å². The molecule has 0 fully saturated rings. The van der Waals surface area contributed by atoms with E-state index in [2.05, 4.69) is 26.1 Å². The second-order valence-corrected chi connectivity index (χ2v) is 4.86. The van der Waals surface area contributed by atoms with Gasteiger partial charge in [-0.05, 0) is 43.5 Å². The summed E-state index contributed by atoms with van der Waals surface area (Å²) in [5.41, 5.74) is 0.449. The van der Waals surface area contributed by atoms with Gasteiger partial charge in [0, 0.05) is 11.6 Å². The fourth-order valence-electron chi connectivity index (χ4n) is 2.29. The molecule has 1 rings (SSSR count). The predicted molar refractivity (Wildman–Crippen MR) is 71.5 cm³/mol. The van der Waals surface area contributed by atoms with Gasteiger partial charge in [-0.15, -0.1) is 0 Å². The van der Waals surface area contributed by atoms with E-state index in [4.69, 9.17) is 0 Å². The summed E-state index contributed by atoms with van der Waals surface area (Å²) >= 11 is 0. The number of nitrogens with one attached hydrogen (secondary N) is 1. The Bertz CT molecular complexity index is 366. The Morgan fingerprint density at radius 2 is 1.89 bits per heavy atom. The van der Waals surface area contributed by atoms with Crippen molar-refractivity contribution in [1.82, 2.24) is 5.32 Å². The molecule has 0 heterocycles. The van der Waals surface area contributed by atoms with E-state index in [-0.39, 0.29) is 23.6 Å². The third-order valence-corrected chi connectivity index (χ3v) is 3.22. The molecular weight excluding hydrogens is 232 g/mol. The first kappa shape index (κ1) is 15.1. The molecule has 0 saturated carbocycles. The maximum atomic E-state index is 13.8. The Morgan fingerprint density at radius 1 is 1.17 bits per heavy atom. The van der Waals surface area contributed by atoms with Crippen LogP contribution < -0.4 is 5.32 Å². The summed E-state index contributed by atoms with van der Waals surface area (Å²) < 4.78 is 27.1. The quantitative estimate of drug-likeness (QED) is 0.759. The average Bonchev–Trinajstić information content (AvgIpc) is 2.34. The normalized spacial score (nSPS) is 14.5. The first-order valence-corrected chi connectivity index (χ1v) is 6.78. The van der Waals surface area contributed by atoms with Crippen molar-refractivity contribution in [1.29, 1.82) is 0 Å². The van der Waals surface area contributed by atoms with Gasteiger partial charge in [0.2, 0.25) is 0 Å². The Labute approximate surface area is 109 Å². The summed E-state index contributed by atoms with van der Waals surface area (Å²) in [6.07, 6.45) is 3.02. The highest BCUT2D eigenvalue weighted by atomic mass is 19.1. The number of hydrogen-bond acceptors (Lipinski definition) is 1. The van der Waals surface area contributed by atoms with Crippen molar-refractivity contribution in [2.24, 2.45) is 5.92 Å². The van der Waals surface area contributed by atoms with E-state index in [0.717, 1.165) is 25.8 Å². The SMILES string of the molecule is CCCNC(c1cc(F)ccc1F)C(C)CCC. The van der Waals surface area contributed by atoms with Gasteiger partial charge in [0.05, 0.1) is 0 Å². The molecule has 1 aromatic carbocycles. The van der Waals surface area contributed by atoms with Gasteiger partial charge in [-0.2, -0.15) is 0 Å². The first-order valence-electron chi connectivity index (χ1n) is 6.78. The molecule has 0 amide bonds. The fraction of sp³-hybridized carbons (Fsp3) is 0.600. The second kappa shape index (κ2) is 7.47. The van der Waals surface area contributed by atoms with Gasteiger partial charge >= 0.3 is 0 Å². The minimum Gasteiger partial charge on any atom is -0.310 e. The molecule has 0 bridgehead atoms. The van der Waals surface area contributed by atoms with E-state index in [9.17, 15) is 8.78 Å². The van der Waals surface area contributed by atoms with Crippen LogP contribution in [0.15, 0.2) is 18.2 Å². The lowest BCUT2D eigenvalue weighted by Crippen LogP contribution is -2.28. The molecule has 0 aliphatic heterocycles. The van der Waals surface area contributed by atoms with Crippen molar-refractivity contribution in [2.75, 3.05) is 6.54 Å². The lowest BCUT2D eigenvalue weighted by molar-refractivity contribution is 0.352. The number of benzene rings is 1. The van der Waals surface area contributed by atoms with Crippen LogP contribution in [0.25, 0.3) is 0 Å². The highest BCUT2D eigenvalue weighted by Crippen LogP contribution is 2.28. The summed E-state index contributed by atoms with van der Waals surface area (Å²) in [5, 5.41) is 3.33. The summed E-state index contributed by atoms with van der Waals surface area (Å²) in [6.45, 7) is 7.07. The van der Waals surface area contributed by atoms with Crippen molar-refractivity contribution < 1.29 is 8.78 Å². The van der Waals surface area contributed by atoms with Crippen LogP contribution >= 0.6 is 0 Å². The Morgan fingerprint density at radius 3 is 2.50 bits per heavy atom. The van der Waals surface area contributed by atoms with E-state index in [1.54, 1.807) is 0 Å². The van der Waals surface area contributed by atoms with Gasteiger partial charge in [0.25, 0.3) is 0 Å². The molecule has 0 saturated heterocycles. The summed E-state index contributed by atoms with van der Waals surface area (Å²) in [4.78, 5) is 0. The van der Waals surface area contributed by atoms with Crippen molar-refractivity contribution in [3.8, 4) is 0 Å². The zero-order chi connectivity index (χ0) is 13.5. The van der Waals surface area contributed by atoms with Crippen molar-refractivity contribution in [3.63, 3.8) is 0 Å². The predicted octanol–water partition coefficient (Wildman–Crippen LogP) is 4.44. The molecule has 3 heteroatoms. The van der Waals surface area contributed by atoms with Crippen LogP contribution in [0.3, 0.4) is 0 Å². The van der Waals surface area contributed by atoms with Crippen molar-refractivity contribution in [2.45, 2.75) is 46.1 Å². The lowest BCUT2D eigenvalue weighted by Gasteiger charge is -2.26. The minimum absolute atomic E-state index is 0.111. The Kier molecular flexibility index (Phi) is 6.27. The number of hydrogen-bond donors (Lipinski definition) is 1. The van der Waals surface area contributed by atoms with Crippen molar-refractivity contribution >= 4 is 0 Å². The van der Waals surface area contributed by atoms with Crippen LogP contribution in [0.1, 0.15) is 51.6 Å². The smallest absolute Gasteiger partial charge is 0.128 e. The summed E-state index contributed by atoms with van der Waals surface area (Å²) in [7, 11) is 0. The van der Waals surface area contributed by atoms with E-state index >= 15 is 0 Å². The van der Waals surface area contributed by atoms with E-state index in [1.807, 2.05) is 0 Å². The maximum Gasteiger partial charge on any atom is 0.128 e. The zero-order valence-electron chi connectivity index (χ0n) is 11.5. The highest BCUT2D eigenvalue weighted by molar-refractivity contribution is 5.23. The van der Waals surface area contributed by atoms with Gasteiger partial charge in [0.15, 0.2) is 0 Å². The van der Waals surface area contributed by atoms with Gasteiger partial charge in [-0.25, -0.2) is 8.78 Å². The summed E-state index contributed by atoms with van der Waals surface area (Å²) in [6, 6.07) is 3.58. The molecule has 0 spiro atoms. The summed E-state index contributed by atoms with van der Waals surface area (Å²) in [5.74, 6) is -0.413. The molecule has 0 aromatic heterocycles. The van der Waals surface area contributed by atoms with E-state index in [1.165, 1.54) is 18.2 Å². The van der Waals surface area contributed by atoms with Crippen LogP contribution in [0, 0.1) is 17.6 Å². The Hall–Kier alpha value is -0.960. The highest BCUT2D eigenvalue weighted by Gasteiger charge is 2.21. The standard InChI is InChI=1S/C15H23F2N/c1-4-6-11(3)15(18-9-5-2)13-10-12(16)7-8-14(13)17/h7-8,10-11,15,18H,4-6,9H2,1-3H3. The maximum absolute atomic E-state index is 13.8. The Balaban J connectivity index is 2.96. The number of rotatable bonds is 7. The zero-order valence-corrected chi connectivity index (χ0v) is 11.5. The fourth-order valence-corrected chi connectivity index (χ4v) is 2.29. The van der Waals surface area contributed by atoms with E-state index in [0.29, 0.717) is 5.56 Å². The van der Waals surface area contributed by atoms with Gasteiger partial charge in [0.1, 0.15) is 11.6 Å². The molecule has 1 N–H and O–H groups in total. The monoisotopic (exact) mass is 255 g/mol. The second-order valence-electron chi connectivity index (χ2n) is 4.86. The van der Waals surface area contributed by atoms with Gasteiger partial charge in [-0.1, -0.05) is 27.2 Å². The molecule has 1 nitrogen and oxygen atoms in total.